The summed E-state index contributed by atoms with van der Waals surface area (Å²) in [7, 11) is 1.75. The number of hydrogen-bond acceptors (Lipinski definition) is 6. The molecule has 0 spiro atoms. The van der Waals surface area contributed by atoms with E-state index in [1.54, 1.807) is 44.0 Å². The summed E-state index contributed by atoms with van der Waals surface area (Å²) in [6.07, 6.45) is 0. The lowest BCUT2D eigenvalue weighted by Gasteiger charge is -2.35. The number of carbonyl (C=O) groups is 1. The number of non-ortho nitro benzene ring substituents is 1. The van der Waals surface area contributed by atoms with E-state index in [1.165, 1.54) is 12.1 Å². The van der Waals surface area contributed by atoms with E-state index in [1.807, 2.05) is 0 Å². The van der Waals surface area contributed by atoms with E-state index in [0.29, 0.717) is 33.5 Å². The fourth-order valence-corrected chi connectivity index (χ4v) is 3.03. The maximum absolute atomic E-state index is 12.9. The topological polar surface area (TPSA) is 114 Å². The van der Waals surface area contributed by atoms with Crippen LogP contribution in [0.1, 0.15) is 24.3 Å². The molecule has 1 atom stereocenters. The summed E-state index contributed by atoms with van der Waals surface area (Å²) >= 11 is 5.34. The van der Waals surface area contributed by atoms with E-state index in [0.717, 1.165) is 0 Å². The third-order valence-electron chi connectivity index (χ3n) is 4.31. The molecular formula is C17H17N5O4S. The van der Waals surface area contributed by atoms with E-state index in [9.17, 15) is 14.9 Å². The summed E-state index contributed by atoms with van der Waals surface area (Å²) in [5.41, 5.74) is 1.75. The van der Waals surface area contributed by atoms with Gasteiger partial charge in [0.1, 0.15) is 5.76 Å². The molecule has 10 heteroatoms. The van der Waals surface area contributed by atoms with Crippen LogP contribution in [0, 0.1) is 17.0 Å². The zero-order valence-corrected chi connectivity index (χ0v) is 15.7. The van der Waals surface area contributed by atoms with Crippen molar-refractivity contribution in [2.45, 2.75) is 19.9 Å². The normalized spacial score (nSPS) is 16.9. The van der Waals surface area contributed by atoms with Gasteiger partial charge in [-0.05, 0) is 43.8 Å². The molecular weight excluding hydrogens is 370 g/mol. The first-order valence-electron chi connectivity index (χ1n) is 8.02. The number of allylic oxidation sites excluding steroid dienone is 1. The van der Waals surface area contributed by atoms with Crippen LogP contribution in [0.3, 0.4) is 0 Å². The van der Waals surface area contributed by atoms with Crippen molar-refractivity contribution in [3.05, 3.63) is 63.0 Å². The number of anilines is 1. The molecule has 0 unspecified atom stereocenters. The second kappa shape index (κ2) is 7.16. The van der Waals surface area contributed by atoms with E-state index < -0.39 is 11.0 Å². The Labute approximate surface area is 160 Å². The molecule has 1 amide bonds. The zero-order chi connectivity index (χ0) is 19.7. The minimum atomic E-state index is -0.553. The molecule has 0 fully saturated rings. The Morgan fingerprint density at radius 3 is 2.59 bits per heavy atom. The van der Waals surface area contributed by atoms with Gasteiger partial charge in [0.15, 0.2) is 10.9 Å². The molecule has 0 radical (unpaired) electrons. The van der Waals surface area contributed by atoms with Crippen LogP contribution in [-0.2, 0) is 4.79 Å². The number of nitro benzene ring substituents is 1. The number of nitrogens with zero attached hydrogens (tertiary/aromatic N) is 3. The SMILES string of the molecule is CC1=C(C(=O)Nc2cc(C)on2)[C@H](c2ccc([N+](=O)[O-])cc2)NC(=S)N1C. The Morgan fingerprint density at radius 2 is 2.04 bits per heavy atom. The Balaban J connectivity index is 1.98. The molecule has 2 heterocycles. The fraction of sp³-hybridized carbons (Fsp3) is 0.235. The number of carbonyl (C=O) groups excluding carboxylic acids is 1. The Kier molecular flexibility index (Phi) is 4.91. The minimum absolute atomic E-state index is 0.0287. The Bertz CT molecular complexity index is 950. The van der Waals surface area contributed by atoms with Crippen LogP contribution < -0.4 is 10.6 Å². The number of aromatic nitrogens is 1. The van der Waals surface area contributed by atoms with Crippen molar-refractivity contribution in [3.8, 4) is 0 Å². The predicted octanol–water partition coefficient (Wildman–Crippen LogP) is 2.66. The van der Waals surface area contributed by atoms with Gasteiger partial charge in [0.25, 0.3) is 11.6 Å². The number of nitro groups is 1. The van der Waals surface area contributed by atoms with Gasteiger partial charge in [0.05, 0.1) is 16.5 Å². The lowest BCUT2D eigenvalue weighted by atomic mass is 9.94. The van der Waals surface area contributed by atoms with Gasteiger partial charge >= 0.3 is 0 Å². The molecule has 1 aliphatic heterocycles. The van der Waals surface area contributed by atoms with E-state index in [2.05, 4.69) is 15.8 Å². The molecule has 1 aliphatic rings. The number of nitrogens with one attached hydrogen (secondary N) is 2. The third kappa shape index (κ3) is 3.65. The first-order chi connectivity index (χ1) is 12.8. The van der Waals surface area contributed by atoms with Gasteiger partial charge in [0, 0.05) is 30.9 Å². The van der Waals surface area contributed by atoms with Gasteiger partial charge in [0.2, 0.25) is 0 Å². The Hall–Kier alpha value is -3.27. The van der Waals surface area contributed by atoms with Gasteiger partial charge in [-0.2, -0.15) is 0 Å². The standard InChI is InChI=1S/C17H17N5O4S/c1-9-8-13(20-26-9)18-16(23)14-10(2)21(3)17(27)19-15(14)11-4-6-12(7-5-11)22(24)25/h4-8,15H,1-3H3,(H,19,27)(H,18,20,23)/t15-/m0/s1. The summed E-state index contributed by atoms with van der Waals surface area (Å²) in [5.74, 6) is 0.505. The van der Waals surface area contributed by atoms with Crippen LogP contribution in [0.2, 0.25) is 0 Å². The van der Waals surface area contributed by atoms with Crippen molar-refractivity contribution in [2.24, 2.45) is 0 Å². The van der Waals surface area contributed by atoms with Gasteiger partial charge < -0.3 is 20.1 Å². The van der Waals surface area contributed by atoms with Crippen molar-refractivity contribution in [2.75, 3.05) is 12.4 Å². The van der Waals surface area contributed by atoms with Crippen LogP contribution in [0.25, 0.3) is 0 Å². The molecule has 0 saturated heterocycles. The quantitative estimate of drug-likeness (QED) is 0.468. The number of hydrogen-bond donors (Lipinski definition) is 2. The number of rotatable bonds is 4. The van der Waals surface area contributed by atoms with Crippen LogP contribution in [0.4, 0.5) is 11.5 Å². The average Bonchev–Trinajstić information content (AvgIpc) is 3.04. The molecule has 0 saturated carbocycles. The third-order valence-corrected chi connectivity index (χ3v) is 4.70. The monoisotopic (exact) mass is 387 g/mol. The van der Waals surface area contributed by atoms with E-state index in [4.69, 9.17) is 16.7 Å². The van der Waals surface area contributed by atoms with Crippen molar-refractivity contribution >= 4 is 34.7 Å². The fourth-order valence-electron chi connectivity index (χ4n) is 2.78. The smallest absolute Gasteiger partial charge is 0.269 e. The van der Waals surface area contributed by atoms with Crippen molar-refractivity contribution in [1.82, 2.24) is 15.4 Å². The van der Waals surface area contributed by atoms with E-state index in [-0.39, 0.29) is 11.6 Å². The van der Waals surface area contributed by atoms with Gasteiger partial charge in [-0.1, -0.05) is 5.16 Å². The molecule has 3 rings (SSSR count). The number of amides is 1. The van der Waals surface area contributed by atoms with Crippen LogP contribution in [0.15, 0.2) is 46.1 Å². The molecule has 27 heavy (non-hydrogen) atoms. The van der Waals surface area contributed by atoms with Crippen LogP contribution >= 0.6 is 12.2 Å². The molecule has 1 aromatic carbocycles. The predicted molar refractivity (Wildman–Crippen MR) is 102 cm³/mol. The summed E-state index contributed by atoms with van der Waals surface area (Å²) < 4.78 is 4.97. The van der Waals surface area contributed by atoms with Crippen molar-refractivity contribution in [3.63, 3.8) is 0 Å². The molecule has 2 aromatic rings. The van der Waals surface area contributed by atoms with Crippen molar-refractivity contribution < 1.29 is 14.2 Å². The largest absolute Gasteiger partial charge is 0.360 e. The second-order valence-corrected chi connectivity index (χ2v) is 6.45. The number of benzene rings is 1. The zero-order valence-electron chi connectivity index (χ0n) is 14.8. The maximum atomic E-state index is 12.9. The van der Waals surface area contributed by atoms with Gasteiger partial charge in [-0.25, -0.2) is 0 Å². The van der Waals surface area contributed by atoms with Gasteiger partial charge in [-0.15, -0.1) is 0 Å². The van der Waals surface area contributed by atoms with Crippen LogP contribution in [0.5, 0.6) is 0 Å². The molecule has 0 aliphatic carbocycles. The summed E-state index contributed by atoms with van der Waals surface area (Å²) in [6.45, 7) is 3.51. The number of thiocarbonyl (C=S) groups is 1. The highest BCUT2D eigenvalue weighted by molar-refractivity contribution is 7.80. The lowest BCUT2D eigenvalue weighted by Crippen LogP contribution is -2.46. The van der Waals surface area contributed by atoms with Crippen LogP contribution in [-0.4, -0.2) is 33.0 Å². The van der Waals surface area contributed by atoms with E-state index >= 15 is 0 Å². The highest BCUT2D eigenvalue weighted by Crippen LogP contribution is 2.31. The molecule has 9 nitrogen and oxygen atoms in total. The lowest BCUT2D eigenvalue weighted by molar-refractivity contribution is -0.384. The highest BCUT2D eigenvalue weighted by Gasteiger charge is 2.33. The summed E-state index contributed by atoms with van der Waals surface area (Å²) in [5, 5.41) is 20.9. The van der Waals surface area contributed by atoms with Gasteiger partial charge in [-0.3, -0.25) is 14.9 Å². The first-order valence-corrected chi connectivity index (χ1v) is 8.42. The number of aryl methyl sites for hydroxylation is 1. The average molecular weight is 387 g/mol. The molecule has 1 aromatic heterocycles. The Morgan fingerprint density at radius 1 is 1.37 bits per heavy atom. The molecule has 140 valence electrons. The first kappa shape index (κ1) is 18.5. The minimum Gasteiger partial charge on any atom is -0.360 e. The maximum Gasteiger partial charge on any atom is 0.269 e. The summed E-state index contributed by atoms with van der Waals surface area (Å²) in [6, 6.07) is 7.05. The molecule has 0 bridgehead atoms. The molecule has 2 N–H and O–H groups in total. The van der Waals surface area contributed by atoms with Crippen molar-refractivity contribution in [1.29, 1.82) is 0 Å². The second-order valence-electron chi connectivity index (χ2n) is 6.07. The highest BCUT2D eigenvalue weighted by atomic mass is 32.1. The summed E-state index contributed by atoms with van der Waals surface area (Å²) in [4.78, 5) is 25.0.